The van der Waals surface area contributed by atoms with E-state index in [4.69, 9.17) is 10.8 Å². The highest BCUT2D eigenvalue weighted by atomic mass is 16.5. The zero-order valence-corrected chi connectivity index (χ0v) is 9.10. The van der Waals surface area contributed by atoms with Gasteiger partial charge in [-0.2, -0.15) is 0 Å². The van der Waals surface area contributed by atoms with Crippen molar-refractivity contribution in [3.8, 4) is 0 Å². The summed E-state index contributed by atoms with van der Waals surface area (Å²) in [6.45, 7) is -0.426. The summed E-state index contributed by atoms with van der Waals surface area (Å²) in [6.07, 6.45) is -1.12. The topological polar surface area (TPSA) is 122 Å². The van der Waals surface area contributed by atoms with E-state index in [9.17, 15) is 14.4 Å². The summed E-state index contributed by atoms with van der Waals surface area (Å²) in [5.74, 6) is -1.83. The molecule has 0 aliphatic rings. The Morgan fingerprint density at radius 1 is 1.50 bits per heavy atom. The maximum atomic E-state index is 11.3. The molecular weight excluding hydrogens is 218 g/mol. The molecule has 0 spiro atoms. The molecule has 3 amide bonds. The van der Waals surface area contributed by atoms with Gasteiger partial charge in [-0.3, -0.25) is 4.79 Å². The molecule has 1 unspecified atom stereocenters. The first-order valence-corrected chi connectivity index (χ1v) is 4.41. The fourth-order valence-electron chi connectivity index (χ4n) is 0.892. The Balaban J connectivity index is 4.05. The van der Waals surface area contributed by atoms with Crippen LogP contribution in [-0.4, -0.2) is 61.3 Å². The van der Waals surface area contributed by atoms with Crippen LogP contribution in [-0.2, 0) is 14.3 Å². The molecule has 0 saturated carbocycles. The van der Waals surface area contributed by atoms with Crippen LogP contribution in [0.25, 0.3) is 0 Å². The number of methoxy groups -OCH3 is 1. The number of primary amides is 1. The first kappa shape index (κ1) is 14.2. The maximum absolute atomic E-state index is 11.3. The van der Waals surface area contributed by atoms with E-state index in [0.717, 1.165) is 4.90 Å². The summed E-state index contributed by atoms with van der Waals surface area (Å²) in [5, 5.41) is 10.9. The first-order valence-electron chi connectivity index (χ1n) is 4.41. The molecule has 0 saturated heterocycles. The number of carboxylic acids is 1. The van der Waals surface area contributed by atoms with Gasteiger partial charge < -0.3 is 25.8 Å². The van der Waals surface area contributed by atoms with Crippen LogP contribution < -0.4 is 11.1 Å². The number of ether oxygens (including phenoxy) is 1. The van der Waals surface area contributed by atoms with Crippen LogP contribution in [0, 0.1) is 0 Å². The third kappa shape index (κ3) is 5.15. The van der Waals surface area contributed by atoms with Gasteiger partial charge in [0.2, 0.25) is 5.91 Å². The van der Waals surface area contributed by atoms with Gasteiger partial charge >= 0.3 is 12.0 Å². The Morgan fingerprint density at radius 3 is 2.44 bits per heavy atom. The molecule has 1 atom stereocenters. The molecule has 0 aliphatic carbocycles. The van der Waals surface area contributed by atoms with Crippen molar-refractivity contribution in [2.24, 2.45) is 5.73 Å². The lowest BCUT2D eigenvalue weighted by molar-refractivity contribution is -0.148. The van der Waals surface area contributed by atoms with Gasteiger partial charge in [-0.1, -0.05) is 0 Å². The van der Waals surface area contributed by atoms with Crippen LogP contribution in [0.4, 0.5) is 4.79 Å². The van der Waals surface area contributed by atoms with Crippen LogP contribution in [0.5, 0.6) is 0 Å². The van der Waals surface area contributed by atoms with Gasteiger partial charge in [0, 0.05) is 14.2 Å². The second-order valence-electron chi connectivity index (χ2n) is 3.07. The van der Waals surface area contributed by atoms with E-state index in [2.05, 4.69) is 10.1 Å². The second-order valence-corrected chi connectivity index (χ2v) is 3.07. The molecule has 0 heterocycles. The third-order valence-electron chi connectivity index (χ3n) is 1.74. The number of hydrogen-bond acceptors (Lipinski definition) is 4. The van der Waals surface area contributed by atoms with E-state index in [0.29, 0.717) is 0 Å². The number of aliphatic carboxylic acids is 1. The van der Waals surface area contributed by atoms with Crippen molar-refractivity contribution in [2.45, 2.75) is 6.10 Å². The van der Waals surface area contributed by atoms with Gasteiger partial charge in [-0.05, 0) is 0 Å². The number of hydrogen-bond donors (Lipinski definition) is 3. The van der Waals surface area contributed by atoms with Gasteiger partial charge in [0.1, 0.15) is 6.54 Å². The summed E-state index contributed by atoms with van der Waals surface area (Å²) in [4.78, 5) is 33.3. The lowest BCUT2D eigenvalue weighted by Crippen LogP contribution is -2.45. The van der Waals surface area contributed by atoms with E-state index in [1.54, 1.807) is 0 Å². The normalized spacial score (nSPS) is 11.6. The molecule has 92 valence electrons. The highest BCUT2D eigenvalue weighted by Crippen LogP contribution is 1.89. The van der Waals surface area contributed by atoms with Crippen molar-refractivity contribution in [2.75, 3.05) is 27.2 Å². The number of amides is 3. The first-order chi connectivity index (χ1) is 7.38. The lowest BCUT2D eigenvalue weighted by Gasteiger charge is -2.17. The van der Waals surface area contributed by atoms with Crippen molar-refractivity contribution in [1.29, 1.82) is 0 Å². The molecule has 0 radical (unpaired) electrons. The molecule has 0 rings (SSSR count). The molecule has 4 N–H and O–H groups in total. The number of likely N-dealkylation sites (N-methyl/N-ethyl adjacent to an activating group) is 1. The molecule has 0 aromatic carbocycles. The standard InChI is InChI=1S/C8H15N3O5/c1-11(4-6(9)12)8(15)10-3-5(16-2)7(13)14/h5H,3-4H2,1-2H3,(H2,9,12)(H,10,15)(H,13,14). The number of carbonyl (C=O) groups is 3. The fourth-order valence-corrected chi connectivity index (χ4v) is 0.892. The van der Waals surface area contributed by atoms with E-state index < -0.39 is 24.0 Å². The summed E-state index contributed by atoms with van der Waals surface area (Å²) in [7, 11) is 2.58. The summed E-state index contributed by atoms with van der Waals surface area (Å²) < 4.78 is 4.60. The quantitative estimate of drug-likeness (QED) is 0.500. The summed E-state index contributed by atoms with van der Waals surface area (Å²) in [5.41, 5.74) is 4.88. The Morgan fingerprint density at radius 2 is 2.06 bits per heavy atom. The largest absolute Gasteiger partial charge is 0.479 e. The molecular formula is C8H15N3O5. The summed E-state index contributed by atoms with van der Waals surface area (Å²) in [6, 6.07) is -0.595. The van der Waals surface area contributed by atoms with Gasteiger partial charge in [0.05, 0.1) is 6.54 Å². The minimum atomic E-state index is -1.18. The van der Waals surface area contributed by atoms with Crippen molar-refractivity contribution >= 4 is 17.9 Å². The number of carboxylic acid groups (broad SMARTS) is 1. The Kier molecular flexibility index (Phi) is 5.86. The number of nitrogens with zero attached hydrogens (tertiary/aromatic N) is 1. The average molecular weight is 233 g/mol. The zero-order valence-electron chi connectivity index (χ0n) is 9.10. The molecule has 0 aromatic heterocycles. The minimum absolute atomic E-state index is 0.187. The predicted molar refractivity (Wildman–Crippen MR) is 53.7 cm³/mol. The Bertz CT molecular complexity index is 281. The van der Waals surface area contributed by atoms with Gasteiger partial charge in [-0.15, -0.1) is 0 Å². The van der Waals surface area contributed by atoms with E-state index >= 15 is 0 Å². The maximum Gasteiger partial charge on any atom is 0.334 e. The lowest BCUT2D eigenvalue weighted by atomic mass is 10.3. The van der Waals surface area contributed by atoms with Crippen molar-refractivity contribution < 1.29 is 24.2 Å². The van der Waals surface area contributed by atoms with Crippen LogP contribution in [0.3, 0.4) is 0 Å². The van der Waals surface area contributed by atoms with Crippen molar-refractivity contribution in [3.05, 3.63) is 0 Å². The van der Waals surface area contributed by atoms with Crippen LogP contribution in [0.2, 0.25) is 0 Å². The number of carbonyl (C=O) groups excluding carboxylic acids is 2. The van der Waals surface area contributed by atoms with Crippen molar-refractivity contribution in [1.82, 2.24) is 10.2 Å². The number of urea groups is 1. The van der Waals surface area contributed by atoms with Gasteiger partial charge in [-0.25, -0.2) is 9.59 Å². The molecule has 0 aromatic rings. The molecule has 16 heavy (non-hydrogen) atoms. The highest BCUT2D eigenvalue weighted by Gasteiger charge is 2.18. The van der Waals surface area contributed by atoms with Crippen LogP contribution in [0.1, 0.15) is 0 Å². The highest BCUT2D eigenvalue weighted by molar-refractivity contribution is 5.83. The van der Waals surface area contributed by atoms with Gasteiger partial charge in [0.15, 0.2) is 6.10 Å². The molecule has 8 heteroatoms. The number of nitrogens with one attached hydrogen (secondary N) is 1. The predicted octanol–water partition coefficient (Wildman–Crippen LogP) is -1.79. The Labute approximate surface area is 92.3 Å². The monoisotopic (exact) mass is 233 g/mol. The van der Waals surface area contributed by atoms with E-state index in [1.165, 1.54) is 14.2 Å². The molecule has 8 nitrogen and oxygen atoms in total. The fraction of sp³-hybridized carbons (Fsp3) is 0.625. The van der Waals surface area contributed by atoms with Crippen LogP contribution >= 0.6 is 0 Å². The minimum Gasteiger partial charge on any atom is -0.479 e. The van der Waals surface area contributed by atoms with Gasteiger partial charge in [0.25, 0.3) is 0 Å². The number of rotatable bonds is 6. The third-order valence-corrected chi connectivity index (χ3v) is 1.74. The molecule has 0 fully saturated rings. The molecule has 0 aliphatic heterocycles. The van der Waals surface area contributed by atoms with E-state index in [1.807, 2.05) is 0 Å². The number of nitrogens with two attached hydrogens (primary N) is 1. The smallest absolute Gasteiger partial charge is 0.334 e. The van der Waals surface area contributed by atoms with Crippen molar-refractivity contribution in [3.63, 3.8) is 0 Å². The van der Waals surface area contributed by atoms with E-state index in [-0.39, 0.29) is 13.1 Å². The second kappa shape index (κ2) is 6.62. The SMILES string of the molecule is COC(CNC(=O)N(C)CC(N)=O)C(=O)O. The van der Waals surface area contributed by atoms with Crippen LogP contribution in [0.15, 0.2) is 0 Å². The summed E-state index contributed by atoms with van der Waals surface area (Å²) >= 11 is 0. The zero-order chi connectivity index (χ0) is 12.7. The average Bonchev–Trinajstić information content (AvgIpc) is 2.16. The molecule has 0 bridgehead atoms. The Hall–Kier alpha value is -1.83.